The lowest BCUT2D eigenvalue weighted by molar-refractivity contribution is 0.0987. The van der Waals surface area contributed by atoms with Crippen LogP contribution in [0.4, 0.5) is 4.79 Å². The van der Waals surface area contributed by atoms with E-state index in [2.05, 4.69) is 25.1 Å². The average molecular weight is 244 g/mol. The summed E-state index contributed by atoms with van der Waals surface area (Å²) in [5, 5.41) is 1.96. The molecule has 1 saturated heterocycles. The topological polar surface area (TPSA) is 41.6 Å². The highest BCUT2D eigenvalue weighted by atomic mass is 28.3. The third-order valence-electron chi connectivity index (χ3n) is 2.69. The fourth-order valence-corrected chi connectivity index (χ4v) is 2.33. The number of hydrazine groups is 1. The van der Waals surface area contributed by atoms with Crippen LogP contribution in [-0.4, -0.2) is 38.9 Å². The molecule has 0 unspecified atom stereocenters. The lowest BCUT2D eigenvalue weighted by Crippen LogP contribution is -2.45. The number of rotatable bonds is 4. The molecule has 0 aromatic rings. The number of hydrogen-bond donors (Lipinski definition) is 1. The molecule has 1 aliphatic rings. The molecule has 1 N–H and O–H groups in total. The first-order chi connectivity index (χ1) is 7.47. The van der Waals surface area contributed by atoms with Crippen molar-refractivity contribution in [3.63, 3.8) is 0 Å². The van der Waals surface area contributed by atoms with Crippen LogP contribution in [0.15, 0.2) is 0 Å². The van der Waals surface area contributed by atoms with E-state index in [9.17, 15) is 4.79 Å². The zero-order chi connectivity index (χ0) is 12.0. The summed E-state index contributed by atoms with van der Waals surface area (Å²) in [5.41, 5.74) is 2.79. The molecule has 1 rings (SSSR count). The van der Waals surface area contributed by atoms with Gasteiger partial charge in [-0.25, -0.2) is 9.80 Å². The first kappa shape index (κ1) is 13.5. The number of nitrogens with zero attached hydrogens (tertiary/aromatic N) is 1. The van der Waals surface area contributed by atoms with Crippen LogP contribution < -0.4 is 5.43 Å². The van der Waals surface area contributed by atoms with E-state index < -0.39 is 8.07 Å². The molecule has 0 aromatic carbocycles. The van der Waals surface area contributed by atoms with Crippen LogP contribution in [-0.2, 0) is 4.74 Å². The highest BCUT2D eigenvalue weighted by Gasteiger charge is 2.16. The average Bonchev–Trinajstić information content (AvgIpc) is 2.17. The molecule has 5 heteroatoms. The third-order valence-corrected chi connectivity index (χ3v) is 4.39. The maximum Gasteiger partial charge on any atom is 0.421 e. The maximum absolute atomic E-state index is 11.4. The van der Waals surface area contributed by atoms with Gasteiger partial charge in [0.15, 0.2) is 0 Å². The Hall–Kier alpha value is -0.553. The summed E-state index contributed by atoms with van der Waals surface area (Å²) in [6.45, 7) is 9.28. The van der Waals surface area contributed by atoms with Gasteiger partial charge in [0.2, 0.25) is 0 Å². The molecular weight excluding hydrogens is 220 g/mol. The van der Waals surface area contributed by atoms with Crippen LogP contribution in [0.3, 0.4) is 0 Å². The first-order valence-corrected chi connectivity index (χ1v) is 9.86. The summed E-state index contributed by atoms with van der Waals surface area (Å²) >= 11 is 0. The Bertz CT molecular complexity index is 223. The van der Waals surface area contributed by atoms with E-state index in [1.54, 1.807) is 0 Å². The van der Waals surface area contributed by atoms with Crippen LogP contribution in [0, 0.1) is 0 Å². The summed E-state index contributed by atoms with van der Waals surface area (Å²) in [4.78, 5) is 11.4. The van der Waals surface area contributed by atoms with E-state index in [0.717, 1.165) is 32.0 Å². The van der Waals surface area contributed by atoms with Crippen molar-refractivity contribution in [2.75, 3.05) is 19.7 Å². The Kier molecular flexibility index (Phi) is 5.28. The smallest absolute Gasteiger partial charge is 0.421 e. The first-order valence-electron chi connectivity index (χ1n) is 6.16. The van der Waals surface area contributed by atoms with Gasteiger partial charge in [-0.1, -0.05) is 26.1 Å². The zero-order valence-electron chi connectivity index (χ0n) is 10.7. The van der Waals surface area contributed by atoms with Crippen LogP contribution in [0.1, 0.15) is 19.3 Å². The standard InChI is InChI=1S/C11H24N2O2Si/c1-16(2,3)10-9-15-11(14)12-13-7-5-4-6-8-13/h4-10H2,1-3H3,(H,12,14). The van der Waals surface area contributed by atoms with Gasteiger partial charge < -0.3 is 4.74 Å². The summed E-state index contributed by atoms with van der Waals surface area (Å²) in [6, 6.07) is 1.03. The van der Waals surface area contributed by atoms with Crippen molar-refractivity contribution in [3.05, 3.63) is 0 Å². The normalized spacial score (nSPS) is 18.2. The van der Waals surface area contributed by atoms with Gasteiger partial charge in [0.25, 0.3) is 0 Å². The van der Waals surface area contributed by atoms with Crippen molar-refractivity contribution in [1.82, 2.24) is 10.4 Å². The van der Waals surface area contributed by atoms with E-state index in [0.29, 0.717) is 6.61 Å². The zero-order valence-corrected chi connectivity index (χ0v) is 11.7. The number of carbonyl (C=O) groups excluding carboxylic acids is 1. The maximum atomic E-state index is 11.4. The van der Waals surface area contributed by atoms with Gasteiger partial charge >= 0.3 is 6.09 Å². The number of carbonyl (C=O) groups is 1. The van der Waals surface area contributed by atoms with Crippen molar-refractivity contribution in [2.24, 2.45) is 0 Å². The number of nitrogens with one attached hydrogen (secondary N) is 1. The predicted molar refractivity (Wildman–Crippen MR) is 68.1 cm³/mol. The van der Waals surface area contributed by atoms with E-state index in [1.807, 2.05) is 5.01 Å². The molecular formula is C11H24N2O2Si. The minimum absolute atomic E-state index is 0.292. The highest BCUT2D eigenvalue weighted by molar-refractivity contribution is 6.76. The summed E-state index contributed by atoms with van der Waals surface area (Å²) in [7, 11) is -1.09. The molecule has 16 heavy (non-hydrogen) atoms. The fourth-order valence-electron chi connectivity index (χ4n) is 1.62. The minimum atomic E-state index is -1.09. The molecule has 4 nitrogen and oxygen atoms in total. The molecule has 0 spiro atoms. The Morgan fingerprint density at radius 1 is 1.25 bits per heavy atom. The van der Waals surface area contributed by atoms with Crippen LogP contribution in [0.25, 0.3) is 0 Å². The lowest BCUT2D eigenvalue weighted by Gasteiger charge is -2.26. The van der Waals surface area contributed by atoms with Gasteiger partial charge in [0, 0.05) is 21.2 Å². The van der Waals surface area contributed by atoms with Gasteiger partial charge in [-0.3, -0.25) is 5.43 Å². The number of piperidine rings is 1. The quantitative estimate of drug-likeness (QED) is 0.772. The predicted octanol–water partition coefficient (Wildman–Crippen LogP) is 2.45. The summed E-state index contributed by atoms with van der Waals surface area (Å²) in [5.74, 6) is 0. The molecule has 0 radical (unpaired) electrons. The SMILES string of the molecule is C[Si](C)(C)CCOC(=O)NN1CCCCC1. The minimum Gasteiger partial charge on any atom is -0.449 e. The lowest BCUT2D eigenvalue weighted by atomic mass is 10.2. The summed E-state index contributed by atoms with van der Waals surface area (Å²) in [6.07, 6.45) is 3.30. The Labute approximate surface area is 99.3 Å². The molecule has 0 atom stereocenters. The Morgan fingerprint density at radius 2 is 1.88 bits per heavy atom. The monoisotopic (exact) mass is 244 g/mol. The molecule has 94 valence electrons. The van der Waals surface area contributed by atoms with Gasteiger partial charge in [-0.2, -0.15) is 0 Å². The largest absolute Gasteiger partial charge is 0.449 e. The van der Waals surface area contributed by atoms with Crippen molar-refractivity contribution in [3.8, 4) is 0 Å². The molecule has 0 saturated carbocycles. The molecule has 0 bridgehead atoms. The second-order valence-corrected chi connectivity index (χ2v) is 11.2. The molecule has 1 heterocycles. The van der Waals surface area contributed by atoms with E-state index >= 15 is 0 Å². The van der Waals surface area contributed by atoms with Crippen LogP contribution in [0.5, 0.6) is 0 Å². The van der Waals surface area contributed by atoms with E-state index in [4.69, 9.17) is 4.74 Å². The second kappa shape index (κ2) is 6.25. The molecule has 0 aromatic heterocycles. The molecule has 1 aliphatic heterocycles. The van der Waals surface area contributed by atoms with Gasteiger partial charge in [0.05, 0.1) is 6.61 Å². The van der Waals surface area contributed by atoms with Crippen molar-refractivity contribution in [2.45, 2.75) is 44.9 Å². The van der Waals surface area contributed by atoms with Gasteiger partial charge in [0.1, 0.15) is 0 Å². The van der Waals surface area contributed by atoms with Crippen molar-refractivity contribution in [1.29, 1.82) is 0 Å². The Balaban J connectivity index is 2.10. The Morgan fingerprint density at radius 3 is 2.44 bits per heavy atom. The van der Waals surface area contributed by atoms with Crippen LogP contribution >= 0.6 is 0 Å². The molecule has 0 aliphatic carbocycles. The molecule has 1 fully saturated rings. The number of amides is 1. The van der Waals surface area contributed by atoms with Gasteiger partial charge in [-0.05, 0) is 18.9 Å². The molecule has 1 amide bonds. The fraction of sp³-hybridized carbons (Fsp3) is 0.909. The number of ether oxygens (including phenoxy) is 1. The van der Waals surface area contributed by atoms with E-state index in [-0.39, 0.29) is 6.09 Å². The van der Waals surface area contributed by atoms with Crippen molar-refractivity contribution < 1.29 is 9.53 Å². The summed E-state index contributed by atoms with van der Waals surface area (Å²) < 4.78 is 5.16. The number of hydrogen-bond acceptors (Lipinski definition) is 3. The second-order valence-electron chi connectivity index (χ2n) is 5.61. The third kappa shape index (κ3) is 6.12. The van der Waals surface area contributed by atoms with Crippen molar-refractivity contribution >= 4 is 14.2 Å². The van der Waals surface area contributed by atoms with E-state index in [1.165, 1.54) is 6.42 Å². The van der Waals surface area contributed by atoms with Crippen LogP contribution in [0.2, 0.25) is 25.7 Å². The van der Waals surface area contributed by atoms with Gasteiger partial charge in [-0.15, -0.1) is 0 Å². The highest BCUT2D eigenvalue weighted by Crippen LogP contribution is 2.08.